The van der Waals surface area contributed by atoms with Crippen molar-refractivity contribution >= 4 is 23.1 Å². The van der Waals surface area contributed by atoms with Crippen molar-refractivity contribution in [2.45, 2.75) is 9.79 Å². The smallest absolute Gasteiger partial charge is 0.120 e. The second kappa shape index (κ2) is 17.5. The van der Waals surface area contributed by atoms with Crippen molar-refractivity contribution in [3.8, 4) is 11.5 Å². The van der Waals surface area contributed by atoms with E-state index in [-0.39, 0.29) is 0 Å². The van der Waals surface area contributed by atoms with Gasteiger partial charge in [0.15, 0.2) is 0 Å². The molecule has 0 spiro atoms. The molecule has 0 fully saturated rings. The molecular weight excluding hydrogens is 498 g/mol. The van der Waals surface area contributed by atoms with Crippen molar-refractivity contribution in [2.75, 3.05) is 105 Å². The van der Waals surface area contributed by atoms with Crippen LogP contribution in [0.3, 0.4) is 0 Å². The Bertz CT molecular complexity index is 850. The van der Waals surface area contributed by atoms with E-state index in [1.807, 2.05) is 12.1 Å². The zero-order valence-corrected chi connectivity index (χ0v) is 22.9. The Hall–Kier alpha value is -2.05. The highest BCUT2D eigenvalue weighted by Crippen LogP contribution is 2.50. The summed E-state index contributed by atoms with van der Waals surface area (Å²) in [5, 5.41) is 0. The fourth-order valence-corrected chi connectivity index (χ4v) is 4.75. The van der Waals surface area contributed by atoms with E-state index in [9.17, 15) is 0 Å². The van der Waals surface area contributed by atoms with Crippen LogP contribution in [0, 0.1) is 0 Å². The number of ether oxygens (including phenoxy) is 8. The maximum absolute atomic E-state index is 5.93. The number of nitrogens with zero attached hydrogens (tertiary/aromatic N) is 1. The minimum atomic E-state index is 0.477. The monoisotopic (exact) mass is 537 g/mol. The molecule has 3 rings (SSSR count). The van der Waals surface area contributed by atoms with Gasteiger partial charge in [0.05, 0.1) is 70.8 Å². The molecule has 0 aromatic heterocycles. The van der Waals surface area contributed by atoms with Crippen molar-refractivity contribution < 1.29 is 37.9 Å². The van der Waals surface area contributed by atoms with E-state index in [1.165, 1.54) is 0 Å². The van der Waals surface area contributed by atoms with Gasteiger partial charge in [-0.1, -0.05) is 11.8 Å². The third-order valence-electron chi connectivity index (χ3n) is 5.41. The summed E-state index contributed by atoms with van der Waals surface area (Å²) in [5.74, 6) is 1.61. The van der Waals surface area contributed by atoms with Gasteiger partial charge in [-0.15, -0.1) is 0 Å². The maximum atomic E-state index is 5.93. The number of hydrogen-bond acceptors (Lipinski definition) is 10. The summed E-state index contributed by atoms with van der Waals surface area (Å²) in [4.78, 5) is 4.51. The second-order valence-corrected chi connectivity index (χ2v) is 9.11. The Morgan fingerprint density at radius 3 is 1.43 bits per heavy atom. The summed E-state index contributed by atoms with van der Waals surface area (Å²) < 4.78 is 43.7. The molecule has 206 valence electrons. The first kappa shape index (κ1) is 29.5. The standard InChI is InChI=1S/C27H39NO8S/c1-29-10-13-32-9-8-28-24-6-4-22(35-18-16-33-14-11-30-2)20-26(24)37-27-21-23(5-7-25(27)28)36-19-17-34-15-12-31-3/h4-7,20-21H,8-19H2,1-3H3. The molecule has 1 aliphatic rings. The molecule has 0 saturated heterocycles. The van der Waals surface area contributed by atoms with Gasteiger partial charge < -0.3 is 42.8 Å². The van der Waals surface area contributed by atoms with Gasteiger partial charge in [0.1, 0.15) is 24.7 Å². The van der Waals surface area contributed by atoms with Crippen LogP contribution in [0.1, 0.15) is 0 Å². The van der Waals surface area contributed by atoms with Crippen molar-refractivity contribution in [1.29, 1.82) is 0 Å². The molecule has 0 aliphatic carbocycles. The van der Waals surface area contributed by atoms with Crippen LogP contribution in [-0.4, -0.2) is 101 Å². The molecule has 10 heteroatoms. The molecule has 0 amide bonds. The number of methoxy groups -OCH3 is 3. The van der Waals surface area contributed by atoms with Gasteiger partial charge in [0, 0.05) is 37.7 Å². The topological polar surface area (TPSA) is 77.1 Å². The minimum Gasteiger partial charge on any atom is -0.491 e. The first-order chi connectivity index (χ1) is 18.3. The lowest BCUT2D eigenvalue weighted by Gasteiger charge is -2.33. The van der Waals surface area contributed by atoms with E-state index in [0.717, 1.165) is 32.7 Å². The van der Waals surface area contributed by atoms with Gasteiger partial charge in [-0.25, -0.2) is 0 Å². The van der Waals surface area contributed by atoms with Crippen LogP contribution in [0.4, 0.5) is 11.4 Å². The van der Waals surface area contributed by atoms with Crippen LogP contribution < -0.4 is 14.4 Å². The molecule has 1 aliphatic heterocycles. The summed E-state index contributed by atoms with van der Waals surface area (Å²) >= 11 is 1.70. The van der Waals surface area contributed by atoms with E-state index in [0.29, 0.717) is 79.2 Å². The largest absolute Gasteiger partial charge is 0.491 e. The molecule has 2 aromatic carbocycles. The number of benzene rings is 2. The van der Waals surface area contributed by atoms with Gasteiger partial charge in [-0.2, -0.15) is 0 Å². The van der Waals surface area contributed by atoms with E-state index < -0.39 is 0 Å². The summed E-state index contributed by atoms with van der Waals surface area (Å²) in [6.07, 6.45) is 0. The van der Waals surface area contributed by atoms with Gasteiger partial charge in [0.2, 0.25) is 0 Å². The Morgan fingerprint density at radius 2 is 0.973 bits per heavy atom. The molecule has 0 bridgehead atoms. The predicted octanol–water partition coefficient (Wildman–Crippen LogP) is 4.04. The molecular formula is C27H39NO8S. The Labute approximate surface area is 224 Å². The Morgan fingerprint density at radius 1 is 0.541 bits per heavy atom. The average molecular weight is 538 g/mol. The summed E-state index contributed by atoms with van der Waals surface area (Å²) in [6, 6.07) is 12.4. The highest BCUT2D eigenvalue weighted by atomic mass is 32.2. The Kier molecular flexibility index (Phi) is 13.9. The van der Waals surface area contributed by atoms with Crippen LogP contribution in [0.25, 0.3) is 0 Å². The van der Waals surface area contributed by atoms with E-state index in [1.54, 1.807) is 33.1 Å². The van der Waals surface area contributed by atoms with Crippen LogP contribution in [0.2, 0.25) is 0 Å². The van der Waals surface area contributed by atoms with Crippen molar-refractivity contribution in [1.82, 2.24) is 0 Å². The lowest BCUT2D eigenvalue weighted by Crippen LogP contribution is -2.25. The molecule has 9 nitrogen and oxygen atoms in total. The highest BCUT2D eigenvalue weighted by molar-refractivity contribution is 7.99. The number of hydrogen-bond donors (Lipinski definition) is 0. The summed E-state index contributed by atoms with van der Waals surface area (Å²) in [7, 11) is 4.99. The Balaban J connectivity index is 1.66. The first-order valence-electron chi connectivity index (χ1n) is 12.5. The third-order valence-corrected chi connectivity index (χ3v) is 6.51. The fraction of sp³-hybridized carbons (Fsp3) is 0.556. The van der Waals surface area contributed by atoms with Crippen LogP contribution in [0.5, 0.6) is 11.5 Å². The molecule has 0 saturated carbocycles. The second-order valence-electron chi connectivity index (χ2n) is 8.03. The zero-order chi connectivity index (χ0) is 26.1. The quantitative estimate of drug-likeness (QED) is 0.231. The van der Waals surface area contributed by atoms with Crippen molar-refractivity contribution in [2.24, 2.45) is 0 Å². The number of rotatable bonds is 20. The van der Waals surface area contributed by atoms with Gasteiger partial charge in [0.25, 0.3) is 0 Å². The van der Waals surface area contributed by atoms with Crippen LogP contribution in [0.15, 0.2) is 46.2 Å². The minimum absolute atomic E-state index is 0.477. The number of anilines is 2. The lowest BCUT2D eigenvalue weighted by atomic mass is 10.2. The highest BCUT2D eigenvalue weighted by Gasteiger charge is 2.24. The normalized spacial score (nSPS) is 12.4. The van der Waals surface area contributed by atoms with Crippen molar-refractivity contribution in [3.05, 3.63) is 36.4 Å². The van der Waals surface area contributed by atoms with Crippen LogP contribution >= 0.6 is 11.8 Å². The number of fused-ring (bicyclic) bond motifs is 2. The molecule has 0 unspecified atom stereocenters. The molecule has 0 atom stereocenters. The summed E-state index contributed by atoms with van der Waals surface area (Å²) in [5.41, 5.74) is 2.24. The predicted molar refractivity (Wildman–Crippen MR) is 143 cm³/mol. The van der Waals surface area contributed by atoms with Gasteiger partial charge >= 0.3 is 0 Å². The van der Waals surface area contributed by atoms with E-state index >= 15 is 0 Å². The van der Waals surface area contributed by atoms with Crippen molar-refractivity contribution in [3.63, 3.8) is 0 Å². The molecule has 0 N–H and O–H groups in total. The molecule has 37 heavy (non-hydrogen) atoms. The summed E-state index contributed by atoms with van der Waals surface area (Å²) in [6.45, 7) is 6.69. The molecule has 1 heterocycles. The first-order valence-corrected chi connectivity index (χ1v) is 13.3. The maximum Gasteiger partial charge on any atom is 0.120 e. The third kappa shape index (κ3) is 9.97. The van der Waals surface area contributed by atoms with Gasteiger partial charge in [-0.3, -0.25) is 0 Å². The SMILES string of the molecule is COCCOCCOc1ccc2c(c1)Sc1cc(OCCOCCOC)ccc1N2CCOCCOC. The lowest BCUT2D eigenvalue weighted by molar-refractivity contribution is 0.0544. The molecule has 0 radical (unpaired) electrons. The molecule has 2 aromatic rings. The fourth-order valence-electron chi connectivity index (χ4n) is 3.59. The average Bonchev–Trinajstić information content (AvgIpc) is 2.91. The van der Waals surface area contributed by atoms with E-state index in [4.69, 9.17) is 37.9 Å². The van der Waals surface area contributed by atoms with Crippen LogP contribution in [-0.2, 0) is 28.4 Å². The zero-order valence-electron chi connectivity index (χ0n) is 22.1. The van der Waals surface area contributed by atoms with E-state index in [2.05, 4.69) is 29.2 Å². The van der Waals surface area contributed by atoms with Gasteiger partial charge in [-0.05, 0) is 36.4 Å².